The molecule has 0 radical (unpaired) electrons. The van der Waals surface area contributed by atoms with Crippen molar-refractivity contribution in [2.24, 2.45) is 0 Å². The van der Waals surface area contributed by atoms with Crippen molar-refractivity contribution in [1.29, 1.82) is 0 Å². The highest BCUT2D eigenvalue weighted by atomic mass is 79.9. The van der Waals surface area contributed by atoms with Crippen LogP contribution in [-0.4, -0.2) is 9.55 Å². The molecule has 0 aliphatic heterocycles. The van der Waals surface area contributed by atoms with Crippen molar-refractivity contribution >= 4 is 50.2 Å². The molecule has 0 saturated heterocycles. The van der Waals surface area contributed by atoms with E-state index in [1.165, 1.54) is 0 Å². The predicted octanol–water partition coefficient (Wildman–Crippen LogP) is 5.18. The molecule has 2 aromatic carbocycles. The minimum absolute atomic E-state index is 0.356. The van der Waals surface area contributed by atoms with Crippen molar-refractivity contribution < 1.29 is 0 Å². The number of hydrogen-bond donors (Lipinski definition) is 0. The van der Waals surface area contributed by atoms with Gasteiger partial charge in [0.05, 0.1) is 16.9 Å². The Kier molecular flexibility index (Phi) is 3.52. The minimum Gasteiger partial charge on any atom is -0.295 e. The van der Waals surface area contributed by atoms with Crippen LogP contribution in [0, 0.1) is 0 Å². The Balaban J connectivity index is 2.29. The lowest BCUT2D eigenvalue weighted by Gasteiger charge is -2.07. The summed E-state index contributed by atoms with van der Waals surface area (Å²) in [6, 6.07) is 13.6. The number of halogens is 3. The third-order valence-corrected chi connectivity index (χ3v) is 3.87. The van der Waals surface area contributed by atoms with Crippen molar-refractivity contribution in [3.63, 3.8) is 0 Å². The van der Waals surface area contributed by atoms with Crippen LogP contribution in [-0.2, 0) is 5.88 Å². The summed E-state index contributed by atoms with van der Waals surface area (Å²) in [5.41, 5.74) is 2.95. The Morgan fingerprint density at radius 2 is 1.84 bits per heavy atom. The van der Waals surface area contributed by atoms with Crippen LogP contribution in [0.4, 0.5) is 0 Å². The zero-order valence-electron chi connectivity index (χ0n) is 9.78. The van der Waals surface area contributed by atoms with E-state index in [-0.39, 0.29) is 0 Å². The number of benzene rings is 2. The molecule has 19 heavy (non-hydrogen) atoms. The molecule has 0 spiro atoms. The molecule has 0 bridgehead atoms. The maximum Gasteiger partial charge on any atom is 0.129 e. The first-order valence-electron chi connectivity index (χ1n) is 5.68. The van der Waals surface area contributed by atoms with Crippen LogP contribution >= 0.6 is 39.1 Å². The Morgan fingerprint density at radius 3 is 2.53 bits per heavy atom. The summed E-state index contributed by atoms with van der Waals surface area (Å²) in [5, 5.41) is 0.711. The van der Waals surface area contributed by atoms with E-state index < -0.39 is 0 Å². The topological polar surface area (TPSA) is 17.8 Å². The molecule has 96 valence electrons. The van der Waals surface area contributed by atoms with Crippen molar-refractivity contribution in [3.05, 3.63) is 57.8 Å². The fraction of sp³-hybridized carbons (Fsp3) is 0.0714. The Morgan fingerprint density at radius 1 is 1.11 bits per heavy atom. The van der Waals surface area contributed by atoms with Crippen molar-refractivity contribution in [1.82, 2.24) is 9.55 Å². The van der Waals surface area contributed by atoms with Crippen LogP contribution in [0.5, 0.6) is 0 Å². The van der Waals surface area contributed by atoms with E-state index in [0.29, 0.717) is 10.9 Å². The van der Waals surface area contributed by atoms with Crippen molar-refractivity contribution in [2.75, 3.05) is 0 Å². The molecule has 3 aromatic rings. The first-order valence-corrected chi connectivity index (χ1v) is 7.38. The highest BCUT2D eigenvalue weighted by molar-refractivity contribution is 9.10. The number of aromatic nitrogens is 2. The lowest BCUT2D eigenvalue weighted by atomic mass is 10.3. The summed E-state index contributed by atoms with van der Waals surface area (Å²) in [5.74, 6) is 1.17. The van der Waals surface area contributed by atoms with Gasteiger partial charge in [-0.15, -0.1) is 11.6 Å². The molecule has 0 unspecified atom stereocenters. The number of rotatable bonds is 2. The third kappa shape index (κ3) is 2.38. The van der Waals surface area contributed by atoms with Gasteiger partial charge in [-0.25, -0.2) is 4.98 Å². The molecule has 2 nitrogen and oxygen atoms in total. The molecule has 0 atom stereocenters. The van der Waals surface area contributed by atoms with Crippen molar-refractivity contribution in [2.45, 2.75) is 5.88 Å². The third-order valence-electron chi connectivity index (χ3n) is 2.89. The first kappa shape index (κ1) is 13.0. The maximum absolute atomic E-state index is 6.00. The summed E-state index contributed by atoms with van der Waals surface area (Å²) in [6.45, 7) is 0. The average molecular weight is 356 g/mol. The van der Waals surface area contributed by atoms with Gasteiger partial charge in [0.25, 0.3) is 0 Å². The molecule has 0 fully saturated rings. The summed E-state index contributed by atoms with van der Waals surface area (Å²) >= 11 is 15.4. The number of hydrogen-bond acceptors (Lipinski definition) is 1. The highest BCUT2D eigenvalue weighted by Gasteiger charge is 2.11. The molecule has 0 saturated carbocycles. The molecule has 1 aromatic heterocycles. The molecule has 5 heteroatoms. The second-order valence-corrected chi connectivity index (χ2v) is 5.73. The normalized spacial score (nSPS) is 11.1. The summed E-state index contributed by atoms with van der Waals surface area (Å²) < 4.78 is 3.05. The molecule has 0 aliphatic carbocycles. The average Bonchev–Trinajstić information content (AvgIpc) is 2.77. The van der Waals surface area contributed by atoms with Crippen LogP contribution in [0.3, 0.4) is 0 Å². The Bertz CT molecular complexity index is 735. The Labute approximate surface area is 129 Å². The smallest absolute Gasteiger partial charge is 0.129 e. The molecule has 0 N–H and O–H groups in total. The number of alkyl halides is 1. The molecular formula is C14H9BrCl2N2. The quantitative estimate of drug-likeness (QED) is 0.579. The van der Waals surface area contributed by atoms with E-state index in [2.05, 4.69) is 20.9 Å². The zero-order chi connectivity index (χ0) is 13.4. The van der Waals surface area contributed by atoms with Gasteiger partial charge in [-0.05, 0) is 42.5 Å². The van der Waals surface area contributed by atoms with Gasteiger partial charge in [-0.3, -0.25) is 4.57 Å². The summed E-state index contributed by atoms with van der Waals surface area (Å²) in [6.07, 6.45) is 0. The number of imidazole rings is 1. The second-order valence-electron chi connectivity index (χ2n) is 4.11. The highest BCUT2D eigenvalue weighted by Crippen LogP contribution is 2.26. The predicted molar refractivity (Wildman–Crippen MR) is 83.3 cm³/mol. The van der Waals surface area contributed by atoms with Gasteiger partial charge >= 0.3 is 0 Å². The Hall–Kier alpha value is -1.03. The maximum atomic E-state index is 6.00. The molecule has 3 rings (SSSR count). The van der Waals surface area contributed by atoms with Crippen LogP contribution in [0.25, 0.3) is 16.7 Å². The van der Waals surface area contributed by atoms with E-state index in [4.69, 9.17) is 23.2 Å². The van der Waals surface area contributed by atoms with Crippen LogP contribution < -0.4 is 0 Å². The van der Waals surface area contributed by atoms with E-state index in [0.717, 1.165) is 27.0 Å². The lowest BCUT2D eigenvalue weighted by Crippen LogP contribution is -1.98. The largest absolute Gasteiger partial charge is 0.295 e. The van der Waals surface area contributed by atoms with E-state index >= 15 is 0 Å². The van der Waals surface area contributed by atoms with Crippen LogP contribution in [0.1, 0.15) is 5.82 Å². The number of nitrogens with zero attached hydrogens (tertiary/aromatic N) is 2. The summed E-state index contributed by atoms with van der Waals surface area (Å²) in [4.78, 5) is 4.56. The minimum atomic E-state index is 0.356. The molecular weight excluding hydrogens is 347 g/mol. The van der Waals surface area contributed by atoms with Gasteiger partial charge in [0.15, 0.2) is 0 Å². The monoisotopic (exact) mass is 354 g/mol. The first-order chi connectivity index (χ1) is 9.19. The van der Waals surface area contributed by atoms with Gasteiger partial charge in [0, 0.05) is 15.2 Å². The van der Waals surface area contributed by atoms with Crippen LogP contribution in [0.2, 0.25) is 5.02 Å². The van der Waals surface area contributed by atoms with Gasteiger partial charge in [-0.1, -0.05) is 27.5 Å². The van der Waals surface area contributed by atoms with Gasteiger partial charge < -0.3 is 0 Å². The van der Waals surface area contributed by atoms with Gasteiger partial charge in [0.1, 0.15) is 5.82 Å². The SMILES string of the molecule is ClCc1nc2cc(Br)ccc2n1-c1ccc(Cl)cc1. The standard InChI is InChI=1S/C14H9BrCl2N2/c15-9-1-6-13-12(7-9)18-14(8-16)19(13)11-4-2-10(17)3-5-11/h1-7H,8H2. The molecule has 1 heterocycles. The van der Waals surface area contributed by atoms with E-state index in [9.17, 15) is 0 Å². The fourth-order valence-electron chi connectivity index (χ4n) is 2.07. The number of fused-ring (bicyclic) bond motifs is 1. The second kappa shape index (κ2) is 5.16. The fourth-order valence-corrected chi connectivity index (χ4v) is 2.73. The lowest BCUT2D eigenvalue weighted by molar-refractivity contribution is 0.982. The van der Waals surface area contributed by atoms with Gasteiger partial charge in [-0.2, -0.15) is 0 Å². The summed E-state index contributed by atoms with van der Waals surface area (Å²) in [7, 11) is 0. The van der Waals surface area contributed by atoms with Crippen LogP contribution in [0.15, 0.2) is 46.9 Å². The molecule has 0 aliphatic rings. The zero-order valence-corrected chi connectivity index (χ0v) is 12.9. The molecule has 0 amide bonds. The van der Waals surface area contributed by atoms with E-state index in [1.54, 1.807) is 0 Å². The van der Waals surface area contributed by atoms with E-state index in [1.807, 2.05) is 47.0 Å². The van der Waals surface area contributed by atoms with Gasteiger partial charge in [0.2, 0.25) is 0 Å². The van der Waals surface area contributed by atoms with Crippen molar-refractivity contribution in [3.8, 4) is 5.69 Å².